The van der Waals surface area contributed by atoms with E-state index >= 15 is 0 Å². The molecule has 0 radical (unpaired) electrons. The van der Waals surface area contributed by atoms with Crippen LogP contribution in [0.5, 0.6) is 0 Å². The molecule has 182 valence electrons. The van der Waals surface area contributed by atoms with Crippen molar-refractivity contribution in [2.45, 2.75) is 19.4 Å². The van der Waals surface area contributed by atoms with Crippen LogP contribution in [0.3, 0.4) is 0 Å². The summed E-state index contributed by atoms with van der Waals surface area (Å²) in [5.74, 6) is 0.503. The first-order chi connectivity index (χ1) is 17.4. The third kappa shape index (κ3) is 4.34. The van der Waals surface area contributed by atoms with E-state index in [9.17, 15) is 9.59 Å². The molecule has 1 atom stereocenters. The number of nitrogens with zero attached hydrogens (tertiary/aromatic N) is 2. The van der Waals surface area contributed by atoms with E-state index in [0.29, 0.717) is 54.2 Å². The predicted molar refractivity (Wildman–Crippen MR) is 141 cm³/mol. The molecule has 6 nitrogen and oxygen atoms in total. The Morgan fingerprint density at radius 3 is 2.67 bits per heavy atom. The molecule has 0 N–H and O–H groups in total. The van der Waals surface area contributed by atoms with Crippen LogP contribution in [0.15, 0.2) is 86.1 Å². The van der Waals surface area contributed by atoms with Crippen molar-refractivity contribution >= 4 is 46.6 Å². The minimum Gasteiger partial charge on any atom is -0.466 e. The summed E-state index contributed by atoms with van der Waals surface area (Å²) >= 11 is 13.7. The van der Waals surface area contributed by atoms with E-state index in [1.54, 1.807) is 41.0 Å². The second-order valence-electron chi connectivity index (χ2n) is 8.03. The summed E-state index contributed by atoms with van der Waals surface area (Å²) < 4.78 is 13.0. The Morgan fingerprint density at radius 2 is 1.94 bits per heavy atom. The molecule has 0 unspecified atom stereocenters. The minimum absolute atomic E-state index is 0.275. The number of hydrogen-bond donors (Lipinski definition) is 0. The van der Waals surface area contributed by atoms with Crippen LogP contribution in [-0.4, -0.2) is 17.6 Å². The topological polar surface area (TPSA) is 73.8 Å². The normalized spacial score (nSPS) is 15.6. The van der Waals surface area contributed by atoms with Crippen molar-refractivity contribution in [2.24, 2.45) is 4.99 Å². The second kappa shape index (κ2) is 9.93. The number of methoxy groups -OCH3 is 1. The molecule has 36 heavy (non-hydrogen) atoms. The molecule has 2 aromatic carbocycles. The van der Waals surface area contributed by atoms with Crippen LogP contribution in [0.25, 0.3) is 17.4 Å². The molecule has 1 aliphatic heterocycles. The fourth-order valence-corrected chi connectivity index (χ4v) is 5.59. The van der Waals surface area contributed by atoms with Gasteiger partial charge in [0.1, 0.15) is 11.5 Å². The molecule has 2 aromatic heterocycles. The number of rotatable bonds is 5. The highest BCUT2D eigenvalue weighted by atomic mass is 35.5. The molecule has 9 heteroatoms. The average Bonchev–Trinajstić information content (AvgIpc) is 3.48. The summed E-state index contributed by atoms with van der Waals surface area (Å²) in [7, 11) is 1.33. The fourth-order valence-electron chi connectivity index (χ4n) is 4.21. The van der Waals surface area contributed by atoms with E-state index in [0.717, 1.165) is 5.56 Å². The predicted octanol–water partition coefficient (Wildman–Crippen LogP) is 5.37. The van der Waals surface area contributed by atoms with Crippen LogP contribution in [0.2, 0.25) is 10.0 Å². The Balaban J connectivity index is 1.67. The fraction of sp³-hybridized carbons (Fsp3) is 0.148. The Morgan fingerprint density at radius 1 is 1.17 bits per heavy atom. The van der Waals surface area contributed by atoms with Gasteiger partial charge in [0.15, 0.2) is 4.80 Å². The minimum atomic E-state index is -0.649. The molecule has 0 saturated heterocycles. The van der Waals surface area contributed by atoms with Gasteiger partial charge in [0.05, 0.1) is 34.0 Å². The molecule has 0 fully saturated rings. The average molecular weight is 539 g/mol. The lowest BCUT2D eigenvalue weighted by Crippen LogP contribution is -2.40. The number of benzene rings is 2. The maximum absolute atomic E-state index is 13.7. The van der Waals surface area contributed by atoms with Crippen molar-refractivity contribution in [1.82, 2.24) is 4.57 Å². The quantitative estimate of drug-likeness (QED) is 0.320. The van der Waals surface area contributed by atoms with E-state index in [2.05, 4.69) is 4.99 Å². The number of allylic oxidation sites excluding steroid dienone is 1. The van der Waals surface area contributed by atoms with Crippen molar-refractivity contribution in [2.75, 3.05) is 7.11 Å². The Hall–Kier alpha value is -3.39. The zero-order valence-corrected chi connectivity index (χ0v) is 21.7. The van der Waals surface area contributed by atoms with Gasteiger partial charge >= 0.3 is 5.97 Å². The molecule has 5 rings (SSSR count). The first kappa shape index (κ1) is 24.3. The number of halogens is 2. The number of carbonyl (C=O) groups excluding carboxylic acids is 1. The highest BCUT2D eigenvalue weighted by Crippen LogP contribution is 2.33. The molecule has 0 amide bonds. The van der Waals surface area contributed by atoms with Crippen LogP contribution >= 0.6 is 34.5 Å². The number of hydrogen-bond acceptors (Lipinski definition) is 6. The molecule has 0 bridgehead atoms. The lowest BCUT2D eigenvalue weighted by molar-refractivity contribution is -0.136. The van der Waals surface area contributed by atoms with Gasteiger partial charge < -0.3 is 9.15 Å². The Kier molecular flexibility index (Phi) is 6.71. The second-order valence-corrected chi connectivity index (χ2v) is 9.88. The van der Waals surface area contributed by atoms with Gasteiger partial charge in [-0.05, 0) is 42.3 Å². The number of furan rings is 1. The Labute approximate surface area is 220 Å². The van der Waals surface area contributed by atoms with Gasteiger partial charge in [0, 0.05) is 16.7 Å². The van der Waals surface area contributed by atoms with Gasteiger partial charge in [-0.1, -0.05) is 71.8 Å². The van der Waals surface area contributed by atoms with Crippen molar-refractivity contribution in [3.05, 3.63) is 113 Å². The lowest BCUT2D eigenvalue weighted by Gasteiger charge is -2.25. The zero-order chi connectivity index (χ0) is 25.4. The van der Waals surface area contributed by atoms with Gasteiger partial charge in [0.25, 0.3) is 5.56 Å². The highest BCUT2D eigenvalue weighted by molar-refractivity contribution is 7.07. The third-order valence-corrected chi connectivity index (χ3v) is 7.41. The van der Waals surface area contributed by atoms with E-state index in [4.69, 9.17) is 32.4 Å². The summed E-state index contributed by atoms with van der Waals surface area (Å²) in [6, 6.07) is 17.4. The number of carbonyl (C=O) groups is 1. The van der Waals surface area contributed by atoms with Crippen LogP contribution in [-0.2, 0) is 9.53 Å². The molecular weight excluding hydrogens is 519 g/mol. The molecule has 3 heterocycles. The maximum atomic E-state index is 13.7. The smallest absolute Gasteiger partial charge is 0.338 e. The first-order valence-electron chi connectivity index (χ1n) is 11.1. The summed E-state index contributed by atoms with van der Waals surface area (Å²) in [6.45, 7) is 1.92. The third-order valence-electron chi connectivity index (χ3n) is 5.86. The van der Waals surface area contributed by atoms with Crippen LogP contribution in [0.4, 0.5) is 0 Å². The van der Waals surface area contributed by atoms with Crippen molar-refractivity contribution in [3.8, 4) is 11.3 Å². The standard InChI is InChI=1S/C27H20Cl2N2O4S/c1-3-20-23(26(33)34-2)24(15-7-5-4-6-8-15)31-25(32)22(36-27(31)30-20)14-17-10-12-21(35-17)18-13-16(28)9-11-19(18)29/h4-14,24H,3H2,1-2H3/b22-14-/t24-/m1/s1. The van der Waals surface area contributed by atoms with Gasteiger partial charge in [-0.3, -0.25) is 9.36 Å². The van der Waals surface area contributed by atoms with Gasteiger partial charge in [0.2, 0.25) is 0 Å². The maximum Gasteiger partial charge on any atom is 0.338 e. The van der Waals surface area contributed by atoms with Crippen LogP contribution in [0, 0.1) is 0 Å². The van der Waals surface area contributed by atoms with E-state index < -0.39 is 12.0 Å². The van der Waals surface area contributed by atoms with E-state index in [-0.39, 0.29) is 5.56 Å². The van der Waals surface area contributed by atoms with Crippen molar-refractivity contribution in [1.29, 1.82) is 0 Å². The number of aromatic nitrogens is 1. The van der Waals surface area contributed by atoms with Crippen molar-refractivity contribution in [3.63, 3.8) is 0 Å². The number of fused-ring (bicyclic) bond motifs is 1. The van der Waals surface area contributed by atoms with Crippen LogP contribution in [0.1, 0.15) is 30.7 Å². The number of esters is 1. The lowest BCUT2D eigenvalue weighted by atomic mass is 9.95. The molecule has 0 aliphatic carbocycles. The van der Waals surface area contributed by atoms with Gasteiger partial charge in [-0.15, -0.1) is 0 Å². The largest absolute Gasteiger partial charge is 0.466 e. The van der Waals surface area contributed by atoms with E-state index in [1.807, 2.05) is 37.3 Å². The SMILES string of the molecule is CCC1=C(C(=O)OC)[C@@H](c2ccccc2)n2c(s/c(=C\c3ccc(-c4cc(Cl)ccc4Cl)o3)c2=O)=N1. The molecule has 1 aliphatic rings. The zero-order valence-electron chi connectivity index (χ0n) is 19.3. The Bertz CT molecular complexity index is 1680. The summed E-state index contributed by atoms with van der Waals surface area (Å²) in [5.41, 5.74) is 2.13. The monoisotopic (exact) mass is 538 g/mol. The molecule has 4 aromatic rings. The summed E-state index contributed by atoms with van der Waals surface area (Å²) in [5, 5.41) is 1.04. The number of ether oxygens (including phenoxy) is 1. The van der Waals surface area contributed by atoms with Gasteiger partial charge in [-0.2, -0.15) is 0 Å². The van der Waals surface area contributed by atoms with Gasteiger partial charge in [-0.25, -0.2) is 9.79 Å². The summed E-state index contributed by atoms with van der Waals surface area (Å²) in [6.07, 6.45) is 2.18. The molecule has 0 spiro atoms. The van der Waals surface area contributed by atoms with Crippen LogP contribution < -0.4 is 14.9 Å². The summed E-state index contributed by atoms with van der Waals surface area (Å²) in [4.78, 5) is 31.7. The highest BCUT2D eigenvalue weighted by Gasteiger charge is 2.33. The molecular formula is C27H20Cl2N2O4S. The van der Waals surface area contributed by atoms with E-state index in [1.165, 1.54) is 18.4 Å². The van der Waals surface area contributed by atoms with Crippen molar-refractivity contribution < 1.29 is 13.9 Å². The molecule has 0 saturated carbocycles. The number of thiazole rings is 1. The first-order valence-corrected chi connectivity index (χ1v) is 12.7.